The van der Waals surface area contributed by atoms with Gasteiger partial charge in [-0.2, -0.15) is 5.10 Å². The molecule has 0 saturated carbocycles. The van der Waals surface area contributed by atoms with Crippen LogP contribution in [0.5, 0.6) is 0 Å². The predicted octanol–water partition coefficient (Wildman–Crippen LogP) is 0.0816. The van der Waals surface area contributed by atoms with E-state index in [0.717, 1.165) is 0 Å². The van der Waals surface area contributed by atoms with Gasteiger partial charge in [-0.15, -0.1) is 0 Å². The van der Waals surface area contributed by atoms with Crippen LogP contribution < -0.4 is 0 Å². The minimum atomic E-state index is -0.962. The van der Waals surface area contributed by atoms with Crippen LogP contribution in [0.4, 0.5) is 0 Å². The lowest BCUT2D eigenvalue weighted by Crippen LogP contribution is -2.43. The number of nitrogens with zero attached hydrogens (tertiary/aromatic N) is 4. The average molecular weight is 310 g/mol. The van der Waals surface area contributed by atoms with Crippen molar-refractivity contribution in [2.45, 2.75) is 19.9 Å². The van der Waals surface area contributed by atoms with Gasteiger partial charge in [0.15, 0.2) is 0 Å². The second-order valence-electron chi connectivity index (χ2n) is 5.37. The van der Waals surface area contributed by atoms with Gasteiger partial charge in [-0.25, -0.2) is 0 Å². The zero-order valence-corrected chi connectivity index (χ0v) is 13.3. The van der Waals surface area contributed by atoms with Crippen LogP contribution in [0, 0.1) is 5.92 Å². The van der Waals surface area contributed by atoms with E-state index in [1.165, 1.54) is 35.5 Å². The third-order valence-corrected chi connectivity index (χ3v) is 3.42. The third-order valence-electron chi connectivity index (χ3n) is 3.42. The largest absolute Gasteiger partial charge is 0.481 e. The number of carboxylic acids is 1. The smallest absolute Gasteiger partial charge is 0.308 e. The van der Waals surface area contributed by atoms with Crippen molar-refractivity contribution in [3.63, 3.8) is 0 Å². The first-order valence-corrected chi connectivity index (χ1v) is 6.95. The maximum Gasteiger partial charge on any atom is 0.308 e. The molecule has 0 aliphatic carbocycles. The van der Waals surface area contributed by atoms with Gasteiger partial charge in [0.05, 0.1) is 12.5 Å². The minimum Gasteiger partial charge on any atom is -0.481 e. The number of carbonyl (C=O) groups is 3. The number of carboxylic acid groups (broad SMARTS) is 1. The van der Waals surface area contributed by atoms with E-state index in [1.807, 2.05) is 0 Å². The van der Waals surface area contributed by atoms with Crippen LogP contribution in [0.2, 0.25) is 0 Å². The summed E-state index contributed by atoms with van der Waals surface area (Å²) in [4.78, 5) is 37.7. The topological polar surface area (TPSA) is 95.7 Å². The summed E-state index contributed by atoms with van der Waals surface area (Å²) < 4.78 is 1.51. The Morgan fingerprint density at radius 1 is 1.23 bits per heavy atom. The zero-order valence-electron chi connectivity index (χ0n) is 13.3. The number of carbonyl (C=O) groups excluding carboxylic acids is 2. The molecule has 0 aromatic carbocycles. The molecule has 0 saturated heterocycles. The molecule has 0 fully saturated rings. The normalized spacial score (nSPS) is 13.3. The van der Waals surface area contributed by atoms with E-state index >= 15 is 0 Å². The fourth-order valence-electron chi connectivity index (χ4n) is 1.93. The Bertz CT molecular complexity index is 529. The van der Waals surface area contributed by atoms with Gasteiger partial charge >= 0.3 is 5.97 Å². The second kappa shape index (κ2) is 7.58. The number of rotatable bonds is 7. The lowest BCUT2D eigenvalue weighted by molar-refractivity contribution is -0.144. The molecule has 1 aromatic rings. The number of amides is 2. The second-order valence-corrected chi connectivity index (χ2v) is 5.37. The third kappa shape index (κ3) is 4.57. The van der Waals surface area contributed by atoms with E-state index in [9.17, 15) is 14.4 Å². The number of aliphatic carboxylic acids is 1. The van der Waals surface area contributed by atoms with Crippen LogP contribution in [0.3, 0.4) is 0 Å². The van der Waals surface area contributed by atoms with Crippen LogP contribution >= 0.6 is 0 Å². The lowest BCUT2D eigenvalue weighted by atomic mass is 10.2. The van der Waals surface area contributed by atoms with Gasteiger partial charge in [-0.05, 0) is 13.0 Å². The first-order valence-electron chi connectivity index (χ1n) is 6.95. The van der Waals surface area contributed by atoms with E-state index in [1.54, 1.807) is 25.4 Å². The highest BCUT2D eigenvalue weighted by atomic mass is 16.4. The molecule has 22 heavy (non-hydrogen) atoms. The number of aromatic nitrogens is 2. The van der Waals surface area contributed by atoms with E-state index in [4.69, 9.17) is 5.11 Å². The first-order chi connectivity index (χ1) is 10.2. The molecule has 1 rings (SSSR count). The van der Waals surface area contributed by atoms with Gasteiger partial charge in [-0.1, -0.05) is 6.92 Å². The molecule has 1 aromatic heterocycles. The fraction of sp³-hybridized carbons (Fsp3) is 0.571. The Morgan fingerprint density at radius 3 is 2.36 bits per heavy atom. The summed E-state index contributed by atoms with van der Waals surface area (Å²) in [6.45, 7) is 3.23. The molecule has 2 atom stereocenters. The summed E-state index contributed by atoms with van der Waals surface area (Å²) >= 11 is 0. The fourth-order valence-corrected chi connectivity index (χ4v) is 1.93. The van der Waals surface area contributed by atoms with E-state index in [-0.39, 0.29) is 24.9 Å². The molecule has 122 valence electrons. The Kier molecular flexibility index (Phi) is 6.09. The van der Waals surface area contributed by atoms with Crippen LogP contribution in [0.1, 0.15) is 19.9 Å². The molecule has 2 amide bonds. The van der Waals surface area contributed by atoms with E-state index in [0.29, 0.717) is 0 Å². The molecule has 8 heteroatoms. The van der Waals surface area contributed by atoms with Gasteiger partial charge in [0, 0.05) is 33.0 Å². The molecule has 2 unspecified atom stereocenters. The van der Waals surface area contributed by atoms with E-state index in [2.05, 4.69) is 5.10 Å². The number of hydrogen-bond donors (Lipinski definition) is 1. The summed E-state index contributed by atoms with van der Waals surface area (Å²) in [5.41, 5.74) is 0. The van der Waals surface area contributed by atoms with Crippen molar-refractivity contribution < 1.29 is 19.5 Å². The molecule has 8 nitrogen and oxygen atoms in total. The summed E-state index contributed by atoms with van der Waals surface area (Å²) in [5, 5.41) is 12.9. The maximum atomic E-state index is 12.2. The molecule has 0 aliphatic rings. The van der Waals surface area contributed by atoms with Crippen molar-refractivity contribution in [2.24, 2.45) is 5.92 Å². The summed E-state index contributed by atoms with van der Waals surface area (Å²) in [6.07, 6.45) is 3.26. The summed E-state index contributed by atoms with van der Waals surface area (Å²) in [7, 11) is 3.06. The van der Waals surface area contributed by atoms with Gasteiger partial charge < -0.3 is 14.9 Å². The highest BCUT2D eigenvalue weighted by Crippen LogP contribution is 2.08. The van der Waals surface area contributed by atoms with Crippen molar-refractivity contribution in [1.29, 1.82) is 0 Å². The van der Waals surface area contributed by atoms with Crippen molar-refractivity contribution in [3.8, 4) is 0 Å². The van der Waals surface area contributed by atoms with Gasteiger partial charge in [0.2, 0.25) is 11.8 Å². The Morgan fingerprint density at radius 2 is 1.86 bits per heavy atom. The first kappa shape index (κ1) is 17.7. The van der Waals surface area contributed by atoms with Crippen molar-refractivity contribution in [3.05, 3.63) is 18.5 Å². The Hall–Kier alpha value is -2.38. The molecular weight excluding hydrogens is 288 g/mol. The lowest BCUT2D eigenvalue weighted by Gasteiger charge is -2.25. The Balaban J connectivity index is 2.56. The highest BCUT2D eigenvalue weighted by Gasteiger charge is 2.23. The monoisotopic (exact) mass is 310 g/mol. The molecular formula is C14H22N4O4. The quantitative estimate of drug-likeness (QED) is 0.769. The molecule has 0 spiro atoms. The van der Waals surface area contributed by atoms with Gasteiger partial charge in [-0.3, -0.25) is 19.1 Å². The van der Waals surface area contributed by atoms with Crippen LogP contribution in [-0.2, 0) is 14.4 Å². The van der Waals surface area contributed by atoms with Crippen molar-refractivity contribution >= 4 is 17.8 Å². The van der Waals surface area contributed by atoms with Crippen molar-refractivity contribution in [2.75, 3.05) is 27.2 Å². The number of likely N-dealkylation sites (N-methyl/N-ethyl adjacent to an activating group) is 2. The highest BCUT2D eigenvalue weighted by molar-refractivity contribution is 5.86. The number of hydrogen-bond acceptors (Lipinski definition) is 4. The predicted molar refractivity (Wildman–Crippen MR) is 79.0 cm³/mol. The van der Waals surface area contributed by atoms with E-state index < -0.39 is 17.9 Å². The molecule has 0 radical (unpaired) electrons. The molecule has 0 bridgehead atoms. The summed E-state index contributed by atoms with van der Waals surface area (Å²) in [6, 6.07) is 1.21. The maximum absolute atomic E-state index is 12.2. The molecule has 0 aliphatic heterocycles. The standard InChI is InChI=1S/C14H22N4O4/c1-10(14(21)22)8-16(3)12(19)9-17(4)13(20)11(2)18-7-5-6-15-18/h5-7,10-11H,8-9H2,1-4H3,(H,21,22). The molecule has 1 N–H and O–H groups in total. The van der Waals surface area contributed by atoms with Crippen LogP contribution in [0.25, 0.3) is 0 Å². The van der Waals surface area contributed by atoms with Crippen LogP contribution in [-0.4, -0.2) is 69.7 Å². The van der Waals surface area contributed by atoms with Gasteiger partial charge in [0.25, 0.3) is 0 Å². The summed E-state index contributed by atoms with van der Waals surface area (Å²) in [5.74, 6) is -2.16. The minimum absolute atomic E-state index is 0.102. The van der Waals surface area contributed by atoms with Gasteiger partial charge in [0.1, 0.15) is 6.04 Å². The zero-order chi connectivity index (χ0) is 16.9. The van der Waals surface area contributed by atoms with Crippen molar-refractivity contribution in [1.82, 2.24) is 19.6 Å². The molecule has 1 heterocycles. The van der Waals surface area contributed by atoms with Crippen LogP contribution in [0.15, 0.2) is 18.5 Å². The Labute approximate surface area is 129 Å². The average Bonchev–Trinajstić information content (AvgIpc) is 2.99. The SMILES string of the molecule is CC(CN(C)C(=O)CN(C)C(=O)C(C)n1cccn1)C(=O)O.